The molecule has 2 unspecified atom stereocenters. The van der Waals surface area contributed by atoms with E-state index in [4.69, 9.17) is 9.47 Å². The van der Waals surface area contributed by atoms with Gasteiger partial charge in [0.05, 0.1) is 30.7 Å². The Morgan fingerprint density at radius 3 is 2.25 bits per heavy atom. The number of alkyl halides is 3. The molecule has 13 heteroatoms. The number of rotatable bonds is 10. The van der Waals surface area contributed by atoms with E-state index in [9.17, 15) is 31.6 Å². The lowest BCUT2D eigenvalue weighted by molar-refractivity contribution is -0.137. The van der Waals surface area contributed by atoms with Gasteiger partial charge in [-0.2, -0.15) is 13.2 Å². The van der Waals surface area contributed by atoms with Crippen LogP contribution in [0.25, 0.3) is 0 Å². The van der Waals surface area contributed by atoms with Gasteiger partial charge in [0.2, 0.25) is 10.0 Å². The summed E-state index contributed by atoms with van der Waals surface area (Å²) in [5.74, 6) is -0.293. The zero-order valence-corrected chi connectivity index (χ0v) is 20.6. The minimum absolute atomic E-state index is 0.113. The van der Waals surface area contributed by atoms with Gasteiger partial charge in [-0.25, -0.2) is 13.9 Å². The predicted molar refractivity (Wildman–Crippen MR) is 125 cm³/mol. The van der Waals surface area contributed by atoms with E-state index in [-0.39, 0.29) is 29.8 Å². The Morgan fingerprint density at radius 2 is 1.75 bits per heavy atom. The maximum Gasteiger partial charge on any atom is 0.416 e. The van der Waals surface area contributed by atoms with Crippen LogP contribution in [0, 0.1) is 0 Å². The Labute approximate surface area is 207 Å². The highest BCUT2D eigenvalue weighted by Gasteiger charge is 2.37. The van der Waals surface area contributed by atoms with E-state index in [0.717, 1.165) is 35.5 Å². The fourth-order valence-electron chi connectivity index (χ4n) is 4.17. The van der Waals surface area contributed by atoms with E-state index >= 15 is 0 Å². The van der Waals surface area contributed by atoms with E-state index in [2.05, 4.69) is 0 Å². The number of nitrogens with zero attached hydrogens (tertiary/aromatic N) is 2. The highest BCUT2D eigenvalue weighted by atomic mass is 32.2. The first kappa shape index (κ1) is 27.7. The van der Waals surface area contributed by atoms with Gasteiger partial charge in [0.1, 0.15) is 17.5 Å². The number of hydrogen-bond acceptors (Lipinski definition) is 7. The van der Waals surface area contributed by atoms with Gasteiger partial charge in [0.25, 0.3) is 5.91 Å². The minimum atomic E-state index is -4.46. The van der Waals surface area contributed by atoms with Crippen LogP contribution in [-0.4, -0.2) is 69.6 Å². The van der Waals surface area contributed by atoms with Gasteiger partial charge >= 0.3 is 6.18 Å². The SMILES string of the molecule is COCC1CCCN1C(CN(c1ccc(Oc2ccc(C(F)(F)F)cc2)cc1)S(C)(=O)=O)C(=O)NO. The van der Waals surface area contributed by atoms with Gasteiger partial charge < -0.3 is 9.47 Å². The lowest BCUT2D eigenvalue weighted by Gasteiger charge is -2.35. The molecule has 0 radical (unpaired) electrons. The number of sulfonamides is 1. The highest BCUT2D eigenvalue weighted by Crippen LogP contribution is 2.32. The van der Waals surface area contributed by atoms with Crippen molar-refractivity contribution in [1.82, 2.24) is 10.4 Å². The molecule has 3 rings (SSSR count). The second kappa shape index (κ2) is 11.5. The second-order valence-electron chi connectivity index (χ2n) is 8.39. The number of nitrogens with one attached hydrogen (secondary N) is 1. The number of ether oxygens (including phenoxy) is 2. The predicted octanol–water partition coefficient (Wildman–Crippen LogP) is 3.25. The molecule has 198 valence electrons. The molecule has 2 aromatic carbocycles. The Kier molecular flexibility index (Phi) is 8.82. The number of anilines is 1. The van der Waals surface area contributed by atoms with Crippen molar-refractivity contribution < 1.29 is 41.1 Å². The lowest BCUT2D eigenvalue weighted by Crippen LogP contribution is -2.55. The number of hydrogen-bond donors (Lipinski definition) is 2. The molecule has 2 atom stereocenters. The maximum absolute atomic E-state index is 12.7. The van der Waals surface area contributed by atoms with Crippen LogP contribution in [0.4, 0.5) is 18.9 Å². The average Bonchev–Trinajstić information content (AvgIpc) is 3.27. The largest absolute Gasteiger partial charge is 0.457 e. The molecule has 0 aromatic heterocycles. The molecule has 1 heterocycles. The van der Waals surface area contributed by atoms with Gasteiger partial charge in [-0.05, 0) is 67.9 Å². The summed E-state index contributed by atoms with van der Waals surface area (Å²) in [6.45, 7) is 0.623. The molecule has 1 aliphatic heterocycles. The van der Waals surface area contributed by atoms with Gasteiger partial charge in [-0.1, -0.05) is 0 Å². The highest BCUT2D eigenvalue weighted by molar-refractivity contribution is 7.92. The van der Waals surface area contributed by atoms with Crippen LogP contribution in [0.1, 0.15) is 18.4 Å². The molecule has 2 aromatic rings. The van der Waals surface area contributed by atoms with Crippen LogP contribution in [0.2, 0.25) is 0 Å². The summed E-state index contributed by atoms with van der Waals surface area (Å²) in [5.41, 5.74) is 1.07. The number of benzene rings is 2. The molecule has 9 nitrogen and oxygen atoms in total. The summed E-state index contributed by atoms with van der Waals surface area (Å²) >= 11 is 0. The van der Waals surface area contributed by atoms with Crippen molar-refractivity contribution >= 4 is 21.6 Å². The third kappa shape index (κ3) is 6.87. The van der Waals surface area contributed by atoms with Crippen LogP contribution >= 0.6 is 0 Å². The van der Waals surface area contributed by atoms with Crippen LogP contribution in [0.3, 0.4) is 0 Å². The van der Waals surface area contributed by atoms with Crippen molar-refractivity contribution in [3.8, 4) is 11.5 Å². The normalized spacial score (nSPS) is 17.6. The zero-order chi connectivity index (χ0) is 26.5. The zero-order valence-electron chi connectivity index (χ0n) is 19.7. The van der Waals surface area contributed by atoms with E-state index < -0.39 is 33.7 Å². The number of carbonyl (C=O) groups excluding carboxylic acids is 1. The molecule has 1 amide bonds. The Hall–Kier alpha value is -2.87. The summed E-state index contributed by atoms with van der Waals surface area (Å²) in [6, 6.07) is 8.94. The first-order chi connectivity index (χ1) is 16.9. The molecular weight excluding hydrogens is 503 g/mol. The second-order valence-corrected chi connectivity index (χ2v) is 10.3. The van der Waals surface area contributed by atoms with E-state index in [1.807, 2.05) is 4.90 Å². The van der Waals surface area contributed by atoms with Crippen molar-refractivity contribution in [3.63, 3.8) is 0 Å². The van der Waals surface area contributed by atoms with Gasteiger partial charge in [0.15, 0.2) is 0 Å². The van der Waals surface area contributed by atoms with Crippen LogP contribution in [0.15, 0.2) is 48.5 Å². The van der Waals surface area contributed by atoms with Crippen molar-refractivity contribution in [2.24, 2.45) is 0 Å². The average molecular weight is 532 g/mol. The molecule has 2 N–H and O–H groups in total. The molecular formula is C23H28F3N3O6S. The molecule has 1 fully saturated rings. The first-order valence-electron chi connectivity index (χ1n) is 11.1. The van der Waals surface area contributed by atoms with Gasteiger partial charge in [-0.3, -0.25) is 19.2 Å². The first-order valence-corrected chi connectivity index (χ1v) is 12.9. The molecule has 1 aliphatic rings. The smallest absolute Gasteiger partial charge is 0.416 e. The van der Waals surface area contributed by atoms with Crippen LogP contribution in [-0.2, 0) is 25.7 Å². The van der Waals surface area contributed by atoms with E-state index in [0.29, 0.717) is 13.2 Å². The number of amides is 1. The van der Waals surface area contributed by atoms with Crippen molar-refractivity contribution in [2.45, 2.75) is 31.1 Å². The third-order valence-corrected chi connectivity index (χ3v) is 7.04. The minimum Gasteiger partial charge on any atom is -0.457 e. The van der Waals surface area contributed by atoms with E-state index in [1.54, 1.807) is 5.48 Å². The van der Waals surface area contributed by atoms with Crippen LogP contribution in [0.5, 0.6) is 11.5 Å². The monoisotopic (exact) mass is 531 g/mol. The van der Waals surface area contributed by atoms with Gasteiger partial charge in [0, 0.05) is 13.2 Å². The molecule has 0 spiro atoms. The standard InChI is InChI=1S/C23H28F3N3O6S/c1-34-15-18-4-3-13-28(18)21(22(30)27-31)14-29(36(2,32)33)17-7-11-20(12-8-17)35-19-9-5-16(6-10-19)23(24,25)26/h5-12,18,21,31H,3-4,13-15H2,1-2H3,(H,27,30). The Balaban J connectivity index is 1.81. The quantitative estimate of drug-likeness (QED) is 0.358. The third-order valence-electron chi connectivity index (χ3n) is 5.88. The van der Waals surface area contributed by atoms with Crippen molar-refractivity contribution in [1.29, 1.82) is 0 Å². The summed E-state index contributed by atoms with van der Waals surface area (Å²) in [5, 5.41) is 9.30. The fourth-order valence-corrected chi connectivity index (χ4v) is 5.09. The molecule has 1 saturated heterocycles. The molecule has 0 aliphatic carbocycles. The number of likely N-dealkylation sites (tertiary alicyclic amines) is 1. The summed E-state index contributed by atoms with van der Waals surface area (Å²) in [7, 11) is -2.30. The Bertz CT molecular complexity index is 1130. The number of carbonyl (C=O) groups is 1. The lowest BCUT2D eigenvalue weighted by atomic mass is 10.1. The molecule has 0 bridgehead atoms. The number of halogens is 3. The Morgan fingerprint density at radius 1 is 1.17 bits per heavy atom. The fraction of sp³-hybridized carbons (Fsp3) is 0.435. The van der Waals surface area contributed by atoms with Crippen molar-refractivity contribution in [3.05, 3.63) is 54.1 Å². The maximum atomic E-state index is 12.7. The summed E-state index contributed by atoms with van der Waals surface area (Å²) in [4.78, 5) is 14.3. The van der Waals surface area contributed by atoms with Crippen molar-refractivity contribution in [2.75, 3.05) is 37.4 Å². The molecule has 36 heavy (non-hydrogen) atoms. The topological polar surface area (TPSA) is 108 Å². The summed E-state index contributed by atoms with van der Waals surface area (Å²) < 4.78 is 75.4. The van der Waals surface area contributed by atoms with Gasteiger partial charge in [-0.15, -0.1) is 0 Å². The number of hydroxylamine groups is 1. The van der Waals surface area contributed by atoms with Crippen LogP contribution < -0.4 is 14.5 Å². The summed E-state index contributed by atoms with van der Waals surface area (Å²) in [6.07, 6.45) is -1.90. The van der Waals surface area contributed by atoms with E-state index in [1.165, 1.54) is 43.5 Å². The molecule has 0 saturated carbocycles. The number of methoxy groups -OCH3 is 1.